The summed E-state index contributed by atoms with van der Waals surface area (Å²) in [4.78, 5) is 28.2. The molecular weight excluding hydrogens is 288 g/mol. The molecule has 112 valence electrons. The topological polar surface area (TPSA) is 133 Å². The molecule has 0 saturated carbocycles. The van der Waals surface area contributed by atoms with Crippen molar-refractivity contribution >= 4 is 11.7 Å². The molecule has 0 aliphatic carbocycles. The van der Waals surface area contributed by atoms with E-state index in [4.69, 9.17) is 14.6 Å². The van der Waals surface area contributed by atoms with Crippen LogP contribution in [0.15, 0.2) is 33.9 Å². The molecule has 0 unspecified atom stereocenters. The van der Waals surface area contributed by atoms with Crippen LogP contribution >= 0.6 is 0 Å². The van der Waals surface area contributed by atoms with Crippen molar-refractivity contribution in [2.45, 2.75) is 13.5 Å². The minimum absolute atomic E-state index is 0.00568. The summed E-state index contributed by atoms with van der Waals surface area (Å²) in [7, 11) is 0. The van der Waals surface area contributed by atoms with E-state index in [2.05, 4.69) is 25.3 Å². The van der Waals surface area contributed by atoms with Gasteiger partial charge in [-0.05, 0) is 6.92 Å². The summed E-state index contributed by atoms with van der Waals surface area (Å²) >= 11 is 0. The monoisotopic (exact) mass is 300 g/mol. The minimum atomic E-state index is -0.455. The van der Waals surface area contributed by atoms with Crippen molar-refractivity contribution < 1.29 is 13.6 Å². The lowest BCUT2D eigenvalue weighted by molar-refractivity contribution is 0.0943. The minimum Gasteiger partial charge on any atom is -0.447 e. The number of hydrogen-bond acceptors (Lipinski definition) is 8. The molecule has 0 bridgehead atoms. The maximum absolute atomic E-state index is 12.1. The zero-order valence-electron chi connectivity index (χ0n) is 11.6. The first-order chi connectivity index (χ1) is 10.6. The quantitative estimate of drug-likeness (QED) is 0.727. The Kier molecular flexibility index (Phi) is 3.52. The van der Waals surface area contributed by atoms with Crippen LogP contribution in [0.3, 0.4) is 0 Å². The van der Waals surface area contributed by atoms with E-state index >= 15 is 0 Å². The molecule has 3 rings (SSSR count). The maximum atomic E-state index is 12.1. The van der Waals surface area contributed by atoms with E-state index in [1.807, 2.05) is 0 Å². The molecule has 1 amide bonds. The Morgan fingerprint density at radius 2 is 2.23 bits per heavy atom. The predicted molar refractivity (Wildman–Crippen MR) is 74.4 cm³/mol. The highest BCUT2D eigenvalue weighted by Crippen LogP contribution is 2.20. The number of anilines is 1. The summed E-state index contributed by atoms with van der Waals surface area (Å²) in [6.45, 7) is 1.87. The molecule has 0 aliphatic heterocycles. The van der Waals surface area contributed by atoms with Gasteiger partial charge < -0.3 is 19.9 Å². The van der Waals surface area contributed by atoms with Gasteiger partial charge in [-0.15, -0.1) is 0 Å². The average Bonchev–Trinajstić information content (AvgIpc) is 3.19. The van der Waals surface area contributed by atoms with E-state index in [1.165, 1.54) is 25.1 Å². The lowest BCUT2D eigenvalue weighted by Gasteiger charge is -2.08. The second-order valence-corrected chi connectivity index (χ2v) is 4.38. The van der Waals surface area contributed by atoms with Crippen LogP contribution in [0.25, 0.3) is 11.6 Å². The summed E-state index contributed by atoms with van der Waals surface area (Å²) in [6, 6.07) is 0. The third-order valence-corrected chi connectivity index (χ3v) is 2.85. The molecule has 0 atom stereocenters. The van der Waals surface area contributed by atoms with Crippen molar-refractivity contribution in [2.75, 3.05) is 5.73 Å². The second kappa shape index (κ2) is 5.64. The number of carbonyl (C=O) groups excluding carboxylic acids is 1. The van der Waals surface area contributed by atoms with Gasteiger partial charge in [0.1, 0.15) is 17.7 Å². The highest BCUT2D eigenvalue weighted by Gasteiger charge is 2.18. The first-order valence-corrected chi connectivity index (χ1v) is 6.34. The van der Waals surface area contributed by atoms with Crippen LogP contribution < -0.4 is 11.1 Å². The van der Waals surface area contributed by atoms with Gasteiger partial charge in [-0.2, -0.15) is 0 Å². The van der Waals surface area contributed by atoms with Crippen LogP contribution in [-0.2, 0) is 6.54 Å². The number of nitrogens with one attached hydrogen (secondary N) is 1. The van der Waals surface area contributed by atoms with Gasteiger partial charge in [0.05, 0.1) is 24.6 Å². The average molecular weight is 300 g/mol. The van der Waals surface area contributed by atoms with E-state index in [1.54, 1.807) is 6.92 Å². The molecule has 0 saturated heterocycles. The largest absolute Gasteiger partial charge is 0.447 e. The van der Waals surface area contributed by atoms with Gasteiger partial charge in [-0.1, -0.05) is 0 Å². The first kappa shape index (κ1) is 13.7. The third kappa shape index (κ3) is 2.64. The Balaban J connectivity index is 1.82. The van der Waals surface area contributed by atoms with Crippen LogP contribution in [0.1, 0.15) is 21.9 Å². The second-order valence-electron chi connectivity index (χ2n) is 4.38. The number of amides is 1. The van der Waals surface area contributed by atoms with Crippen molar-refractivity contribution in [3.63, 3.8) is 0 Å². The van der Waals surface area contributed by atoms with Crippen LogP contribution in [-0.4, -0.2) is 25.8 Å². The molecule has 3 aromatic rings. The summed E-state index contributed by atoms with van der Waals surface area (Å²) < 4.78 is 10.2. The van der Waals surface area contributed by atoms with Crippen molar-refractivity contribution in [1.29, 1.82) is 0 Å². The lowest BCUT2D eigenvalue weighted by atomic mass is 10.2. The lowest BCUT2D eigenvalue weighted by Crippen LogP contribution is -2.25. The summed E-state index contributed by atoms with van der Waals surface area (Å²) in [6.07, 6.45) is 5.70. The van der Waals surface area contributed by atoms with Gasteiger partial charge in [-0.25, -0.2) is 19.9 Å². The molecular formula is C13H12N6O3. The summed E-state index contributed by atoms with van der Waals surface area (Å²) in [5, 5.41) is 2.63. The number of nitrogen functional groups attached to an aromatic ring is 1. The fourth-order valence-electron chi connectivity index (χ4n) is 1.82. The van der Waals surface area contributed by atoms with Gasteiger partial charge >= 0.3 is 0 Å². The van der Waals surface area contributed by atoms with Gasteiger partial charge in [0, 0.05) is 0 Å². The fourth-order valence-corrected chi connectivity index (χ4v) is 1.82. The Bertz CT molecular complexity index is 782. The van der Waals surface area contributed by atoms with Gasteiger partial charge in [0.2, 0.25) is 5.89 Å². The number of oxazole rings is 2. The number of aryl methyl sites for hydroxylation is 1. The zero-order valence-corrected chi connectivity index (χ0v) is 11.6. The van der Waals surface area contributed by atoms with E-state index in [-0.39, 0.29) is 18.1 Å². The standard InChI is InChI=1S/C13H12N6O3/c1-7-9(13-16-2-3-21-13)19-11(14)10(18-7)12(20)17-5-8-4-15-6-22-8/h2-4,6H,5H2,1H3,(H2,14,19)(H,17,20). The molecule has 0 fully saturated rings. The van der Waals surface area contributed by atoms with Gasteiger partial charge in [0.15, 0.2) is 17.9 Å². The van der Waals surface area contributed by atoms with Crippen LogP contribution in [0.4, 0.5) is 5.82 Å². The summed E-state index contributed by atoms with van der Waals surface area (Å²) in [5.41, 5.74) is 6.73. The Morgan fingerprint density at radius 3 is 2.91 bits per heavy atom. The van der Waals surface area contributed by atoms with Crippen molar-refractivity contribution in [3.05, 3.63) is 42.2 Å². The number of rotatable bonds is 4. The van der Waals surface area contributed by atoms with E-state index in [0.29, 0.717) is 23.0 Å². The maximum Gasteiger partial charge on any atom is 0.274 e. The van der Waals surface area contributed by atoms with Crippen molar-refractivity contribution in [1.82, 2.24) is 25.3 Å². The SMILES string of the molecule is Cc1nc(C(=O)NCc2cnco2)c(N)nc1-c1ncco1. The molecule has 3 heterocycles. The zero-order chi connectivity index (χ0) is 15.5. The highest BCUT2D eigenvalue weighted by molar-refractivity contribution is 5.96. The number of aromatic nitrogens is 4. The molecule has 0 spiro atoms. The van der Waals surface area contributed by atoms with Crippen molar-refractivity contribution in [3.8, 4) is 11.6 Å². The highest BCUT2D eigenvalue weighted by atomic mass is 16.3. The Morgan fingerprint density at radius 1 is 1.36 bits per heavy atom. The predicted octanol–water partition coefficient (Wildman–Crippen LogP) is 0.940. The number of carbonyl (C=O) groups is 1. The normalized spacial score (nSPS) is 10.6. The van der Waals surface area contributed by atoms with E-state index in [0.717, 1.165) is 0 Å². The Hall–Kier alpha value is -3.23. The van der Waals surface area contributed by atoms with Crippen LogP contribution in [0.5, 0.6) is 0 Å². The third-order valence-electron chi connectivity index (χ3n) is 2.85. The van der Waals surface area contributed by atoms with Gasteiger partial charge in [0.25, 0.3) is 5.91 Å². The van der Waals surface area contributed by atoms with E-state index < -0.39 is 5.91 Å². The number of nitrogens with two attached hydrogens (primary N) is 1. The van der Waals surface area contributed by atoms with Gasteiger partial charge in [-0.3, -0.25) is 4.79 Å². The smallest absolute Gasteiger partial charge is 0.274 e. The molecule has 3 N–H and O–H groups in total. The molecule has 0 aromatic carbocycles. The molecule has 22 heavy (non-hydrogen) atoms. The van der Waals surface area contributed by atoms with Crippen LogP contribution in [0.2, 0.25) is 0 Å². The fraction of sp³-hybridized carbons (Fsp3) is 0.154. The van der Waals surface area contributed by atoms with Crippen LogP contribution in [0, 0.1) is 6.92 Å². The number of hydrogen-bond donors (Lipinski definition) is 2. The first-order valence-electron chi connectivity index (χ1n) is 6.34. The molecule has 0 radical (unpaired) electrons. The Labute approximate surface area is 124 Å². The number of nitrogens with zero attached hydrogens (tertiary/aromatic N) is 4. The molecule has 3 aromatic heterocycles. The molecule has 0 aliphatic rings. The van der Waals surface area contributed by atoms with E-state index in [9.17, 15) is 4.79 Å². The molecule has 9 heteroatoms. The molecule has 9 nitrogen and oxygen atoms in total. The summed E-state index contributed by atoms with van der Waals surface area (Å²) in [5.74, 6) is 0.357. The van der Waals surface area contributed by atoms with Crippen molar-refractivity contribution in [2.24, 2.45) is 0 Å².